The number of anilines is 2. The fourth-order valence-electron chi connectivity index (χ4n) is 5.00. The molecule has 1 atom stereocenters. The van der Waals surface area contributed by atoms with Gasteiger partial charge in [0.15, 0.2) is 0 Å². The van der Waals surface area contributed by atoms with Crippen LogP contribution < -0.4 is 20.7 Å². The van der Waals surface area contributed by atoms with E-state index in [2.05, 4.69) is 30.9 Å². The van der Waals surface area contributed by atoms with Gasteiger partial charge in [-0.3, -0.25) is 4.79 Å². The van der Waals surface area contributed by atoms with Gasteiger partial charge in [-0.25, -0.2) is 9.97 Å². The van der Waals surface area contributed by atoms with Crippen molar-refractivity contribution in [3.05, 3.63) is 41.9 Å². The molecule has 33 heavy (non-hydrogen) atoms. The van der Waals surface area contributed by atoms with E-state index in [9.17, 15) is 4.79 Å². The fourth-order valence-corrected chi connectivity index (χ4v) is 5.00. The van der Waals surface area contributed by atoms with Crippen molar-refractivity contribution >= 4 is 28.4 Å². The van der Waals surface area contributed by atoms with Crippen LogP contribution in [0.1, 0.15) is 43.4 Å². The molecule has 0 aliphatic heterocycles. The van der Waals surface area contributed by atoms with Gasteiger partial charge in [0, 0.05) is 24.7 Å². The quantitative estimate of drug-likeness (QED) is 0.394. The molecule has 1 aromatic carbocycles. The van der Waals surface area contributed by atoms with Crippen LogP contribution in [0.25, 0.3) is 11.0 Å². The Morgan fingerprint density at radius 1 is 1.15 bits per heavy atom. The van der Waals surface area contributed by atoms with Gasteiger partial charge in [0.2, 0.25) is 5.91 Å². The molecule has 2 aromatic heterocycles. The number of amides is 1. The van der Waals surface area contributed by atoms with Crippen LogP contribution in [0.15, 0.2) is 30.6 Å². The molecule has 1 unspecified atom stereocenters. The van der Waals surface area contributed by atoms with Crippen molar-refractivity contribution in [2.24, 2.45) is 5.92 Å². The second kappa shape index (κ2) is 9.79. The second-order valence-electron chi connectivity index (χ2n) is 9.01. The van der Waals surface area contributed by atoms with E-state index in [1.54, 1.807) is 6.33 Å². The number of fused-ring (bicyclic) bond motifs is 3. The van der Waals surface area contributed by atoms with Gasteiger partial charge in [-0.15, -0.1) is 0 Å². The zero-order valence-electron chi connectivity index (χ0n) is 19.1. The Bertz CT molecular complexity index is 1120. The van der Waals surface area contributed by atoms with E-state index in [1.165, 1.54) is 12.8 Å². The number of hydrogen-bond donors (Lipinski definition) is 4. The summed E-state index contributed by atoms with van der Waals surface area (Å²) in [4.78, 5) is 25.2. The summed E-state index contributed by atoms with van der Waals surface area (Å²) in [6, 6.07) is 8.04. The lowest BCUT2D eigenvalue weighted by molar-refractivity contribution is -0.125. The number of aromatic amines is 1. The molecule has 2 aliphatic rings. The molecule has 2 aliphatic carbocycles. The highest BCUT2D eigenvalue weighted by molar-refractivity contribution is 5.94. The minimum Gasteiger partial charge on any atom is -0.488 e. The third kappa shape index (κ3) is 4.66. The second-order valence-corrected chi connectivity index (χ2v) is 9.01. The van der Waals surface area contributed by atoms with Crippen LogP contribution in [0, 0.1) is 5.92 Å². The Labute approximate surface area is 193 Å². The minimum absolute atomic E-state index is 0.0422. The number of carbonyl (C=O) groups is 1. The third-order valence-corrected chi connectivity index (χ3v) is 6.76. The largest absolute Gasteiger partial charge is 0.488 e. The Morgan fingerprint density at radius 2 is 2.00 bits per heavy atom. The number of nitrogens with one attached hydrogen (secondary N) is 4. The van der Waals surface area contributed by atoms with Crippen LogP contribution in [0.2, 0.25) is 0 Å². The first-order chi connectivity index (χ1) is 16.2. The van der Waals surface area contributed by atoms with E-state index in [1.807, 2.05) is 31.3 Å². The van der Waals surface area contributed by atoms with E-state index in [-0.39, 0.29) is 17.9 Å². The summed E-state index contributed by atoms with van der Waals surface area (Å²) < 4.78 is 6.31. The lowest BCUT2D eigenvalue weighted by Crippen LogP contribution is -2.37. The van der Waals surface area contributed by atoms with Crippen molar-refractivity contribution in [2.75, 3.05) is 25.5 Å². The molecule has 8 nitrogen and oxygen atoms in total. The van der Waals surface area contributed by atoms with Crippen molar-refractivity contribution in [1.29, 1.82) is 0 Å². The smallest absolute Gasteiger partial charge is 0.223 e. The number of H-pyrrole nitrogens is 1. The average Bonchev–Trinajstić information content (AvgIpc) is 3.48. The molecule has 1 saturated carbocycles. The van der Waals surface area contributed by atoms with E-state index in [0.717, 1.165) is 71.8 Å². The molecule has 5 rings (SSSR count). The zero-order valence-corrected chi connectivity index (χ0v) is 19.1. The first-order valence-electron chi connectivity index (χ1n) is 12.0. The standard InChI is InChI=1S/C25H32N6O2/c1-26-12-13-27-25(32)16-10-11-19-18(14-16)22-23(30-19)28-15-29-24(22)31-20-8-4-5-9-21(20)33-17-6-2-3-7-17/h4-5,8-9,15-17,26H,2-3,6-7,10-14H2,1H3,(H,27,32)(H2,28,29,30,31). The van der Waals surface area contributed by atoms with E-state index in [4.69, 9.17) is 4.74 Å². The number of para-hydroxylation sites is 2. The maximum atomic E-state index is 12.7. The molecule has 1 amide bonds. The Kier molecular flexibility index (Phi) is 6.44. The van der Waals surface area contributed by atoms with Gasteiger partial charge < -0.3 is 25.7 Å². The van der Waals surface area contributed by atoms with Gasteiger partial charge >= 0.3 is 0 Å². The van der Waals surface area contributed by atoms with Crippen LogP contribution in [0.5, 0.6) is 5.75 Å². The van der Waals surface area contributed by atoms with Crippen LogP contribution in [-0.2, 0) is 17.6 Å². The molecule has 8 heteroatoms. The van der Waals surface area contributed by atoms with E-state index >= 15 is 0 Å². The molecule has 1 fully saturated rings. The fraction of sp³-hybridized carbons (Fsp3) is 0.480. The molecule has 4 N–H and O–H groups in total. The van der Waals surface area contributed by atoms with Crippen LogP contribution in [0.3, 0.4) is 0 Å². The molecule has 0 saturated heterocycles. The first-order valence-corrected chi connectivity index (χ1v) is 12.0. The number of likely N-dealkylation sites (N-methyl/N-ethyl adjacent to an activating group) is 1. The molecule has 2 heterocycles. The molecular weight excluding hydrogens is 416 g/mol. The highest BCUT2D eigenvalue weighted by atomic mass is 16.5. The predicted octanol–water partition coefficient (Wildman–Crippen LogP) is 3.46. The SMILES string of the molecule is CNCCNC(=O)C1CCc2[nH]c3ncnc(Nc4ccccc4OC4CCCC4)c3c2C1. The molecule has 0 bridgehead atoms. The summed E-state index contributed by atoms with van der Waals surface area (Å²) in [7, 11) is 1.89. The van der Waals surface area contributed by atoms with E-state index < -0.39 is 0 Å². The first kappa shape index (κ1) is 21.7. The van der Waals surface area contributed by atoms with Crippen molar-refractivity contribution in [3.63, 3.8) is 0 Å². The third-order valence-electron chi connectivity index (χ3n) is 6.76. The topological polar surface area (TPSA) is 104 Å². The van der Waals surface area contributed by atoms with Gasteiger partial charge in [0.25, 0.3) is 0 Å². The normalized spacial score (nSPS) is 18.3. The maximum Gasteiger partial charge on any atom is 0.223 e. The van der Waals surface area contributed by atoms with Crippen molar-refractivity contribution in [2.45, 2.75) is 51.0 Å². The molecule has 174 valence electrons. The van der Waals surface area contributed by atoms with Crippen molar-refractivity contribution < 1.29 is 9.53 Å². The lowest BCUT2D eigenvalue weighted by atomic mass is 9.86. The monoisotopic (exact) mass is 448 g/mol. The number of nitrogens with zero attached hydrogens (tertiary/aromatic N) is 2. The van der Waals surface area contributed by atoms with Crippen LogP contribution in [-0.4, -0.2) is 47.1 Å². The Hall–Kier alpha value is -3.13. The number of benzene rings is 1. The number of hydrogen-bond acceptors (Lipinski definition) is 6. The zero-order chi connectivity index (χ0) is 22.6. The Morgan fingerprint density at radius 3 is 2.85 bits per heavy atom. The van der Waals surface area contributed by atoms with Crippen molar-refractivity contribution in [1.82, 2.24) is 25.6 Å². The number of ether oxygens (including phenoxy) is 1. The Balaban J connectivity index is 1.41. The summed E-state index contributed by atoms with van der Waals surface area (Å²) in [6.07, 6.45) is 8.87. The van der Waals surface area contributed by atoms with Crippen LogP contribution in [0.4, 0.5) is 11.5 Å². The van der Waals surface area contributed by atoms with Gasteiger partial charge in [-0.1, -0.05) is 12.1 Å². The summed E-state index contributed by atoms with van der Waals surface area (Å²) in [5, 5.41) is 10.6. The number of carbonyl (C=O) groups excluding carboxylic acids is 1. The molecule has 0 radical (unpaired) electrons. The number of aryl methyl sites for hydroxylation is 1. The highest BCUT2D eigenvalue weighted by Gasteiger charge is 2.29. The van der Waals surface area contributed by atoms with Crippen LogP contribution >= 0.6 is 0 Å². The van der Waals surface area contributed by atoms with E-state index in [0.29, 0.717) is 13.0 Å². The molecular formula is C25H32N6O2. The lowest BCUT2D eigenvalue weighted by Gasteiger charge is -2.22. The summed E-state index contributed by atoms with van der Waals surface area (Å²) >= 11 is 0. The molecule has 0 spiro atoms. The highest BCUT2D eigenvalue weighted by Crippen LogP contribution is 2.37. The summed E-state index contributed by atoms with van der Waals surface area (Å²) in [5.74, 6) is 1.67. The predicted molar refractivity (Wildman–Crippen MR) is 129 cm³/mol. The van der Waals surface area contributed by atoms with Gasteiger partial charge in [-0.05, 0) is 69.7 Å². The van der Waals surface area contributed by atoms with Gasteiger partial charge in [-0.2, -0.15) is 0 Å². The number of rotatable bonds is 8. The molecule has 3 aromatic rings. The average molecular weight is 449 g/mol. The maximum absolute atomic E-state index is 12.7. The summed E-state index contributed by atoms with van der Waals surface area (Å²) in [5.41, 5.74) is 4.00. The van der Waals surface area contributed by atoms with Gasteiger partial charge in [0.05, 0.1) is 17.2 Å². The number of aromatic nitrogens is 3. The summed E-state index contributed by atoms with van der Waals surface area (Å²) in [6.45, 7) is 1.40. The van der Waals surface area contributed by atoms with Crippen molar-refractivity contribution in [3.8, 4) is 5.75 Å². The van der Waals surface area contributed by atoms with Gasteiger partial charge in [0.1, 0.15) is 23.5 Å². The minimum atomic E-state index is -0.0422.